The van der Waals surface area contributed by atoms with E-state index < -0.39 is 5.97 Å². The molecule has 0 bridgehead atoms. The Hall–Kier alpha value is -1.61. The number of aliphatic hydroxyl groups is 1. The summed E-state index contributed by atoms with van der Waals surface area (Å²) >= 11 is 0. The number of benzene rings is 1. The van der Waals surface area contributed by atoms with Crippen molar-refractivity contribution >= 4 is 5.97 Å². The lowest BCUT2D eigenvalue weighted by Crippen LogP contribution is -2.16. The SMILES string of the molecule is C=C(C)C(=O)OCC(CO)c1ccc(C2CCC(CCCCCC)CC2)cc1. The van der Waals surface area contributed by atoms with Gasteiger partial charge in [-0.3, -0.25) is 0 Å². The molecule has 1 aromatic carbocycles. The third kappa shape index (κ3) is 7.09. The molecule has 0 saturated heterocycles. The highest BCUT2D eigenvalue weighted by molar-refractivity contribution is 5.86. The Kier molecular flexibility index (Phi) is 9.77. The Morgan fingerprint density at radius 3 is 2.39 bits per heavy atom. The van der Waals surface area contributed by atoms with Gasteiger partial charge in [-0.1, -0.05) is 69.9 Å². The predicted octanol–water partition coefficient (Wildman–Crippen LogP) is 6.13. The zero-order valence-electron chi connectivity index (χ0n) is 17.8. The summed E-state index contributed by atoms with van der Waals surface area (Å²) < 4.78 is 5.22. The quantitative estimate of drug-likeness (QED) is 0.283. The van der Waals surface area contributed by atoms with E-state index >= 15 is 0 Å². The molecule has 1 aromatic rings. The maximum Gasteiger partial charge on any atom is 0.333 e. The predicted molar refractivity (Wildman–Crippen MR) is 115 cm³/mol. The standard InChI is InChI=1S/C25H38O3/c1-4-5-6-7-8-20-9-11-21(12-10-20)22-13-15-23(16-14-22)24(17-26)18-28-25(27)19(2)3/h13-16,20-21,24,26H,2,4-12,17-18H2,1,3H3. The lowest BCUT2D eigenvalue weighted by molar-refractivity contribution is -0.139. The minimum Gasteiger partial charge on any atom is -0.462 e. The smallest absolute Gasteiger partial charge is 0.333 e. The van der Waals surface area contributed by atoms with Crippen molar-refractivity contribution in [2.24, 2.45) is 5.92 Å². The van der Waals surface area contributed by atoms with Gasteiger partial charge in [0.05, 0.1) is 6.61 Å². The molecule has 1 fully saturated rings. The number of carbonyl (C=O) groups excluding carboxylic acids is 1. The maximum absolute atomic E-state index is 11.6. The van der Waals surface area contributed by atoms with Crippen LogP contribution in [-0.2, 0) is 9.53 Å². The Bertz CT molecular complexity index is 597. The first-order valence-corrected chi connectivity index (χ1v) is 11.1. The highest BCUT2D eigenvalue weighted by Gasteiger charge is 2.22. The van der Waals surface area contributed by atoms with Crippen LogP contribution in [-0.4, -0.2) is 24.3 Å². The fourth-order valence-electron chi connectivity index (χ4n) is 4.24. The molecule has 1 aliphatic carbocycles. The molecule has 1 unspecified atom stereocenters. The van der Waals surface area contributed by atoms with Gasteiger partial charge in [0.1, 0.15) is 6.61 Å². The summed E-state index contributed by atoms with van der Waals surface area (Å²) in [6.45, 7) is 7.64. The minimum atomic E-state index is -0.401. The van der Waals surface area contributed by atoms with E-state index in [-0.39, 0.29) is 19.1 Å². The highest BCUT2D eigenvalue weighted by Crippen LogP contribution is 2.38. The number of esters is 1. The molecule has 28 heavy (non-hydrogen) atoms. The fraction of sp³-hybridized carbons (Fsp3) is 0.640. The van der Waals surface area contributed by atoms with Gasteiger partial charge in [0, 0.05) is 11.5 Å². The van der Waals surface area contributed by atoms with Crippen LogP contribution in [0.4, 0.5) is 0 Å². The van der Waals surface area contributed by atoms with Crippen LogP contribution in [0.3, 0.4) is 0 Å². The van der Waals surface area contributed by atoms with Crippen molar-refractivity contribution in [3.63, 3.8) is 0 Å². The van der Waals surface area contributed by atoms with Crippen LogP contribution < -0.4 is 0 Å². The van der Waals surface area contributed by atoms with Crippen LogP contribution in [0.15, 0.2) is 36.4 Å². The van der Waals surface area contributed by atoms with Gasteiger partial charge < -0.3 is 9.84 Å². The van der Waals surface area contributed by atoms with Crippen molar-refractivity contribution < 1.29 is 14.6 Å². The molecular weight excluding hydrogens is 348 g/mol. The van der Waals surface area contributed by atoms with Crippen molar-refractivity contribution in [3.8, 4) is 0 Å². The van der Waals surface area contributed by atoms with E-state index in [0.717, 1.165) is 11.5 Å². The van der Waals surface area contributed by atoms with Crippen molar-refractivity contribution in [3.05, 3.63) is 47.5 Å². The normalized spacial score (nSPS) is 20.5. The zero-order chi connectivity index (χ0) is 20.4. The van der Waals surface area contributed by atoms with Crippen LogP contribution in [0.2, 0.25) is 0 Å². The van der Waals surface area contributed by atoms with Gasteiger partial charge in [-0.15, -0.1) is 0 Å². The van der Waals surface area contributed by atoms with Crippen molar-refractivity contribution in [1.29, 1.82) is 0 Å². The molecule has 2 rings (SSSR count). The molecule has 1 saturated carbocycles. The Balaban J connectivity index is 1.82. The number of ether oxygens (including phenoxy) is 1. The summed E-state index contributed by atoms with van der Waals surface area (Å²) in [5.41, 5.74) is 2.81. The van der Waals surface area contributed by atoms with Crippen LogP contribution in [0.5, 0.6) is 0 Å². The van der Waals surface area contributed by atoms with Crippen molar-refractivity contribution in [2.75, 3.05) is 13.2 Å². The highest BCUT2D eigenvalue weighted by atomic mass is 16.5. The monoisotopic (exact) mass is 386 g/mol. The number of hydrogen-bond donors (Lipinski definition) is 1. The molecule has 0 spiro atoms. The molecule has 0 heterocycles. The van der Waals surface area contributed by atoms with E-state index in [1.54, 1.807) is 6.92 Å². The van der Waals surface area contributed by atoms with Gasteiger partial charge in [-0.2, -0.15) is 0 Å². The van der Waals surface area contributed by atoms with Gasteiger partial charge in [0.25, 0.3) is 0 Å². The molecule has 1 atom stereocenters. The first-order chi connectivity index (χ1) is 13.5. The first kappa shape index (κ1) is 22.7. The maximum atomic E-state index is 11.6. The first-order valence-electron chi connectivity index (χ1n) is 11.1. The molecular formula is C25H38O3. The van der Waals surface area contributed by atoms with Crippen molar-refractivity contribution in [1.82, 2.24) is 0 Å². The van der Waals surface area contributed by atoms with Crippen molar-refractivity contribution in [2.45, 2.75) is 83.5 Å². The summed E-state index contributed by atoms with van der Waals surface area (Å²) in [6, 6.07) is 8.57. The number of aliphatic hydroxyl groups excluding tert-OH is 1. The van der Waals surface area contributed by atoms with E-state index in [9.17, 15) is 9.90 Å². The summed E-state index contributed by atoms with van der Waals surface area (Å²) in [7, 11) is 0. The Labute approximate surface area is 171 Å². The number of unbranched alkanes of at least 4 members (excludes halogenated alkanes) is 3. The summed E-state index contributed by atoms with van der Waals surface area (Å²) in [4.78, 5) is 11.6. The summed E-state index contributed by atoms with van der Waals surface area (Å²) in [5, 5.41) is 9.67. The van der Waals surface area contributed by atoms with Gasteiger partial charge in [-0.25, -0.2) is 4.79 Å². The van der Waals surface area contributed by atoms with Crippen LogP contribution in [0.1, 0.15) is 94.6 Å². The molecule has 1 N–H and O–H groups in total. The number of carbonyl (C=O) groups is 1. The second-order valence-corrected chi connectivity index (χ2v) is 8.49. The molecule has 3 nitrogen and oxygen atoms in total. The molecule has 156 valence electrons. The zero-order valence-corrected chi connectivity index (χ0v) is 17.8. The number of rotatable bonds is 11. The van der Waals surface area contributed by atoms with E-state index in [2.05, 4.69) is 37.8 Å². The Morgan fingerprint density at radius 1 is 1.14 bits per heavy atom. The third-order valence-electron chi connectivity index (χ3n) is 6.18. The number of hydrogen-bond acceptors (Lipinski definition) is 3. The second kappa shape index (κ2) is 12.1. The van der Waals surface area contributed by atoms with E-state index in [4.69, 9.17) is 4.74 Å². The summed E-state index contributed by atoms with van der Waals surface area (Å²) in [6.07, 6.45) is 12.2. The van der Waals surface area contributed by atoms with E-state index in [0.29, 0.717) is 11.5 Å². The van der Waals surface area contributed by atoms with Crippen LogP contribution >= 0.6 is 0 Å². The van der Waals surface area contributed by atoms with Gasteiger partial charge in [-0.05, 0) is 55.6 Å². The van der Waals surface area contributed by atoms with Gasteiger partial charge in [0.2, 0.25) is 0 Å². The van der Waals surface area contributed by atoms with Gasteiger partial charge in [0.15, 0.2) is 0 Å². The minimum absolute atomic E-state index is 0.0358. The molecule has 0 aromatic heterocycles. The molecule has 1 aliphatic rings. The molecule has 3 heteroatoms. The van der Waals surface area contributed by atoms with Gasteiger partial charge >= 0.3 is 5.97 Å². The average molecular weight is 387 g/mol. The molecule has 0 aliphatic heterocycles. The molecule has 0 radical (unpaired) electrons. The average Bonchev–Trinajstić information content (AvgIpc) is 2.72. The second-order valence-electron chi connectivity index (χ2n) is 8.49. The molecule has 0 amide bonds. The largest absolute Gasteiger partial charge is 0.462 e. The van der Waals surface area contributed by atoms with E-state index in [1.807, 2.05) is 0 Å². The summed E-state index contributed by atoms with van der Waals surface area (Å²) in [5.74, 6) is 1.00. The third-order valence-corrected chi connectivity index (χ3v) is 6.18. The van der Waals surface area contributed by atoms with Crippen LogP contribution in [0, 0.1) is 5.92 Å². The lowest BCUT2D eigenvalue weighted by Gasteiger charge is -2.29. The van der Waals surface area contributed by atoms with E-state index in [1.165, 1.54) is 63.4 Å². The lowest BCUT2D eigenvalue weighted by atomic mass is 9.77. The Morgan fingerprint density at radius 2 is 1.82 bits per heavy atom. The topological polar surface area (TPSA) is 46.5 Å². The van der Waals surface area contributed by atoms with Crippen LogP contribution in [0.25, 0.3) is 0 Å². The fourth-order valence-corrected chi connectivity index (χ4v) is 4.24.